The zero-order valence-electron chi connectivity index (χ0n) is 9.78. The zero-order chi connectivity index (χ0) is 12.5. The molecule has 0 saturated carbocycles. The molecule has 2 N–H and O–H groups in total. The van der Waals surface area contributed by atoms with Crippen LogP contribution in [-0.4, -0.2) is 10.2 Å². The lowest BCUT2D eigenvalue weighted by atomic mass is 9.95. The van der Waals surface area contributed by atoms with Crippen LogP contribution in [0.1, 0.15) is 29.8 Å². The molecule has 0 fully saturated rings. The molecule has 0 saturated heterocycles. The van der Waals surface area contributed by atoms with Gasteiger partial charge in [-0.1, -0.05) is 30.3 Å². The molecular formula is C15H14O3. The minimum atomic E-state index is -0.606. The number of hydrogen-bond donors (Lipinski definition) is 2. The summed E-state index contributed by atoms with van der Waals surface area (Å²) in [5, 5.41) is 19.5. The van der Waals surface area contributed by atoms with Crippen molar-refractivity contribution in [2.45, 2.75) is 18.6 Å². The highest BCUT2D eigenvalue weighted by Crippen LogP contribution is 2.41. The Morgan fingerprint density at radius 2 is 1.83 bits per heavy atom. The first-order valence-electron chi connectivity index (χ1n) is 5.96. The van der Waals surface area contributed by atoms with Crippen LogP contribution in [0.3, 0.4) is 0 Å². The van der Waals surface area contributed by atoms with Gasteiger partial charge in [-0.25, -0.2) is 0 Å². The molecule has 3 nitrogen and oxygen atoms in total. The Morgan fingerprint density at radius 1 is 1.06 bits per heavy atom. The van der Waals surface area contributed by atoms with Gasteiger partial charge in [0.2, 0.25) is 0 Å². The van der Waals surface area contributed by atoms with Gasteiger partial charge in [0.05, 0.1) is 6.10 Å². The first kappa shape index (κ1) is 11.1. The van der Waals surface area contributed by atoms with Gasteiger partial charge in [-0.05, 0) is 23.8 Å². The number of phenolic OH excluding ortho intramolecular Hbond substituents is 1. The first-order valence-corrected chi connectivity index (χ1v) is 5.96. The lowest BCUT2D eigenvalue weighted by Crippen LogP contribution is -2.18. The molecule has 1 aliphatic heterocycles. The van der Waals surface area contributed by atoms with Gasteiger partial charge in [0.25, 0.3) is 0 Å². The van der Waals surface area contributed by atoms with Gasteiger partial charge in [-0.15, -0.1) is 0 Å². The molecule has 0 aromatic heterocycles. The zero-order valence-corrected chi connectivity index (χ0v) is 9.78. The van der Waals surface area contributed by atoms with Crippen LogP contribution in [0.4, 0.5) is 0 Å². The standard InChI is InChI=1S/C15H14O3/c16-11-6-7-14-12(8-11)13(17)9-15(18-14)10-4-2-1-3-5-10/h1-8,13,15-17H,9H2. The quantitative estimate of drug-likeness (QED) is 0.808. The van der Waals surface area contributed by atoms with Crippen LogP contribution < -0.4 is 4.74 Å². The third kappa shape index (κ3) is 1.93. The summed E-state index contributed by atoms with van der Waals surface area (Å²) in [5.74, 6) is 0.787. The van der Waals surface area contributed by atoms with Gasteiger partial charge >= 0.3 is 0 Å². The van der Waals surface area contributed by atoms with Gasteiger partial charge in [0.1, 0.15) is 17.6 Å². The normalized spacial score (nSPS) is 22.1. The maximum Gasteiger partial charge on any atom is 0.127 e. The van der Waals surface area contributed by atoms with E-state index in [1.54, 1.807) is 18.2 Å². The molecule has 1 heterocycles. The van der Waals surface area contributed by atoms with Gasteiger partial charge in [0.15, 0.2) is 0 Å². The summed E-state index contributed by atoms with van der Waals surface area (Å²) >= 11 is 0. The van der Waals surface area contributed by atoms with E-state index in [2.05, 4.69) is 0 Å². The maximum atomic E-state index is 10.1. The van der Waals surface area contributed by atoms with Crippen molar-refractivity contribution in [3.8, 4) is 11.5 Å². The average Bonchev–Trinajstić information content (AvgIpc) is 2.40. The largest absolute Gasteiger partial charge is 0.508 e. The van der Waals surface area contributed by atoms with Crippen LogP contribution in [-0.2, 0) is 0 Å². The highest BCUT2D eigenvalue weighted by molar-refractivity contribution is 5.43. The molecule has 3 heteroatoms. The number of phenols is 1. The molecule has 0 aliphatic carbocycles. The summed E-state index contributed by atoms with van der Waals surface area (Å²) in [4.78, 5) is 0. The molecule has 2 aromatic rings. The molecule has 18 heavy (non-hydrogen) atoms. The van der Waals surface area contributed by atoms with Crippen LogP contribution in [0.25, 0.3) is 0 Å². The number of rotatable bonds is 1. The second kappa shape index (κ2) is 4.35. The fourth-order valence-corrected chi connectivity index (χ4v) is 2.31. The third-order valence-electron chi connectivity index (χ3n) is 3.23. The van der Waals surface area contributed by atoms with Crippen molar-refractivity contribution >= 4 is 0 Å². The summed E-state index contributed by atoms with van der Waals surface area (Å²) in [5.41, 5.74) is 1.71. The van der Waals surface area contributed by atoms with Crippen molar-refractivity contribution in [2.24, 2.45) is 0 Å². The van der Waals surface area contributed by atoms with Crippen molar-refractivity contribution in [1.29, 1.82) is 0 Å². The Morgan fingerprint density at radius 3 is 2.61 bits per heavy atom. The van der Waals surface area contributed by atoms with Crippen molar-refractivity contribution in [2.75, 3.05) is 0 Å². The van der Waals surface area contributed by atoms with Crippen LogP contribution in [0.5, 0.6) is 11.5 Å². The van der Waals surface area contributed by atoms with Gasteiger partial charge < -0.3 is 14.9 Å². The summed E-state index contributed by atoms with van der Waals surface area (Å²) < 4.78 is 5.87. The number of aliphatic hydroxyl groups excluding tert-OH is 1. The minimum Gasteiger partial charge on any atom is -0.508 e. The molecule has 0 amide bonds. The van der Waals surface area contributed by atoms with E-state index < -0.39 is 6.10 Å². The Hall–Kier alpha value is -2.00. The van der Waals surface area contributed by atoms with Crippen LogP contribution in [0.15, 0.2) is 48.5 Å². The van der Waals surface area contributed by atoms with E-state index in [0.717, 1.165) is 5.56 Å². The summed E-state index contributed by atoms with van der Waals surface area (Å²) in [6, 6.07) is 14.7. The number of hydrogen-bond acceptors (Lipinski definition) is 3. The van der Waals surface area contributed by atoms with Gasteiger partial charge in [-0.2, -0.15) is 0 Å². The van der Waals surface area contributed by atoms with E-state index in [1.807, 2.05) is 30.3 Å². The van der Waals surface area contributed by atoms with Crippen LogP contribution in [0.2, 0.25) is 0 Å². The fraction of sp³-hybridized carbons (Fsp3) is 0.200. The minimum absolute atomic E-state index is 0.141. The van der Waals surface area contributed by atoms with E-state index in [0.29, 0.717) is 17.7 Å². The molecule has 92 valence electrons. The average molecular weight is 242 g/mol. The van der Waals surface area contributed by atoms with Crippen LogP contribution in [0, 0.1) is 0 Å². The Balaban J connectivity index is 1.95. The summed E-state index contributed by atoms with van der Waals surface area (Å²) in [6.45, 7) is 0. The molecule has 2 atom stereocenters. The number of aromatic hydroxyl groups is 1. The highest BCUT2D eigenvalue weighted by atomic mass is 16.5. The summed E-state index contributed by atoms with van der Waals surface area (Å²) in [7, 11) is 0. The Bertz CT molecular complexity index is 551. The predicted molar refractivity (Wildman–Crippen MR) is 67.5 cm³/mol. The van der Waals surface area contributed by atoms with Crippen molar-refractivity contribution in [3.63, 3.8) is 0 Å². The Kier molecular flexibility index (Phi) is 2.68. The maximum absolute atomic E-state index is 10.1. The highest BCUT2D eigenvalue weighted by Gasteiger charge is 2.28. The van der Waals surface area contributed by atoms with Gasteiger partial charge in [0, 0.05) is 12.0 Å². The van der Waals surface area contributed by atoms with E-state index >= 15 is 0 Å². The molecule has 3 rings (SSSR count). The predicted octanol–water partition coefficient (Wildman–Crippen LogP) is 2.95. The number of aliphatic hydroxyl groups is 1. The van der Waals surface area contributed by atoms with E-state index in [9.17, 15) is 10.2 Å². The fourth-order valence-electron chi connectivity index (χ4n) is 2.31. The van der Waals surface area contributed by atoms with Gasteiger partial charge in [-0.3, -0.25) is 0 Å². The smallest absolute Gasteiger partial charge is 0.127 e. The van der Waals surface area contributed by atoms with E-state index in [-0.39, 0.29) is 11.9 Å². The third-order valence-corrected chi connectivity index (χ3v) is 3.23. The lowest BCUT2D eigenvalue weighted by Gasteiger charge is -2.30. The van der Waals surface area contributed by atoms with Crippen LogP contribution >= 0.6 is 0 Å². The SMILES string of the molecule is Oc1ccc2c(c1)C(O)CC(c1ccccc1)O2. The van der Waals surface area contributed by atoms with E-state index in [1.165, 1.54) is 0 Å². The second-order valence-corrected chi connectivity index (χ2v) is 4.49. The summed E-state index contributed by atoms with van der Waals surface area (Å²) in [6.07, 6.45) is -0.246. The second-order valence-electron chi connectivity index (χ2n) is 4.49. The monoisotopic (exact) mass is 242 g/mol. The molecule has 1 aliphatic rings. The number of ether oxygens (including phenoxy) is 1. The molecule has 0 radical (unpaired) electrons. The first-order chi connectivity index (χ1) is 8.74. The van der Waals surface area contributed by atoms with E-state index in [4.69, 9.17) is 4.74 Å². The Labute approximate surface area is 105 Å². The topological polar surface area (TPSA) is 49.7 Å². The number of fused-ring (bicyclic) bond motifs is 1. The van der Waals surface area contributed by atoms with Crippen molar-refractivity contribution in [1.82, 2.24) is 0 Å². The molecular weight excluding hydrogens is 228 g/mol. The van der Waals surface area contributed by atoms with Crippen molar-refractivity contribution < 1.29 is 14.9 Å². The molecule has 0 spiro atoms. The molecule has 2 unspecified atom stereocenters. The van der Waals surface area contributed by atoms with Crippen molar-refractivity contribution in [3.05, 3.63) is 59.7 Å². The molecule has 2 aromatic carbocycles. The number of benzene rings is 2. The lowest BCUT2D eigenvalue weighted by molar-refractivity contribution is 0.0654. The molecule has 0 bridgehead atoms.